The Morgan fingerprint density at radius 2 is 1.33 bits per heavy atom. The molecule has 1 aromatic heterocycles. The summed E-state index contributed by atoms with van der Waals surface area (Å²) in [6, 6.07) is 41.6. The molecule has 0 aliphatic carbocycles. The molecule has 0 saturated heterocycles. The van der Waals surface area contributed by atoms with Gasteiger partial charge in [0.1, 0.15) is 11.4 Å². The number of nitrogens with one attached hydrogen (secondary N) is 1. The number of benzene rings is 5. The summed E-state index contributed by atoms with van der Waals surface area (Å²) >= 11 is 0. The number of hydrogen-bond donors (Lipinski definition) is 1. The molecule has 0 saturated carbocycles. The molecule has 7 rings (SSSR count). The van der Waals surface area contributed by atoms with E-state index in [1.807, 2.05) is 24.4 Å². The van der Waals surface area contributed by atoms with Gasteiger partial charge in [-0.1, -0.05) is 103 Å². The highest BCUT2D eigenvalue weighted by atomic mass is 19.1. The summed E-state index contributed by atoms with van der Waals surface area (Å²) in [4.78, 5) is 15.2. The van der Waals surface area contributed by atoms with E-state index in [1.165, 1.54) is 12.1 Å². The summed E-state index contributed by atoms with van der Waals surface area (Å²) in [7, 11) is 0. The number of carbonyl (C=O) groups excluding carboxylic acids is 1. The molecule has 0 radical (unpaired) electrons. The average molecular weight is 553 g/mol. The van der Waals surface area contributed by atoms with Crippen molar-refractivity contribution in [2.45, 2.75) is 18.5 Å². The lowest BCUT2D eigenvalue weighted by atomic mass is 9.77. The molecule has 1 aliphatic rings. The molecule has 0 fully saturated rings. The maximum atomic E-state index is 13.4. The number of aromatic nitrogens is 2. The maximum absolute atomic E-state index is 13.4. The van der Waals surface area contributed by atoms with Gasteiger partial charge in [0.15, 0.2) is 0 Å². The van der Waals surface area contributed by atoms with Crippen molar-refractivity contribution in [2.75, 3.05) is 11.9 Å². The van der Waals surface area contributed by atoms with E-state index in [-0.39, 0.29) is 11.8 Å². The second kappa shape index (κ2) is 10.6. The summed E-state index contributed by atoms with van der Waals surface area (Å²) in [6.45, 7) is 0.963. The highest BCUT2D eigenvalue weighted by molar-refractivity contribution is 5.95. The highest BCUT2D eigenvalue weighted by Gasteiger charge is 2.40. The third kappa shape index (κ3) is 4.41. The van der Waals surface area contributed by atoms with Gasteiger partial charge in [0.25, 0.3) is 0 Å². The van der Waals surface area contributed by atoms with Gasteiger partial charge in [0.2, 0.25) is 0 Å². The van der Waals surface area contributed by atoms with Gasteiger partial charge in [0.05, 0.1) is 11.7 Å². The van der Waals surface area contributed by atoms with Crippen LogP contribution in [0.3, 0.4) is 0 Å². The first kappa shape index (κ1) is 25.7. The molecule has 0 unspecified atom stereocenters. The molecule has 0 atom stereocenters. The third-order valence-corrected chi connectivity index (χ3v) is 8.15. The Hall–Kier alpha value is -5.23. The minimum absolute atomic E-state index is 0.177. The lowest BCUT2D eigenvalue weighted by molar-refractivity contribution is 0.211. The summed E-state index contributed by atoms with van der Waals surface area (Å²) in [5.74, 6) is -0.287. The van der Waals surface area contributed by atoms with Crippen molar-refractivity contribution in [1.29, 1.82) is 0 Å². The van der Waals surface area contributed by atoms with Gasteiger partial charge in [-0.25, -0.2) is 13.9 Å². The first-order valence-electron chi connectivity index (χ1n) is 14.1. The topological polar surface area (TPSA) is 50.2 Å². The number of carbonyl (C=O) groups is 1. The Morgan fingerprint density at radius 1 is 0.762 bits per heavy atom. The molecule has 2 amide bonds. The lowest BCUT2D eigenvalue weighted by Crippen LogP contribution is -2.38. The smallest absolute Gasteiger partial charge is 0.320 e. The van der Waals surface area contributed by atoms with Crippen LogP contribution in [0.15, 0.2) is 134 Å². The standard InChI is InChI=1S/C36H29FN4O/c37-32-18-16-26(17-19-32)25-40-21-20-27-22-28-24-38-41(34(28)23-33(27)39-35(40)42)36(29-10-4-1-5-11-29,30-12-6-2-7-13-30)31-14-8-3-9-15-31/h1-19,22-24H,20-21,25H2,(H,39,42). The Morgan fingerprint density at radius 3 is 1.90 bits per heavy atom. The van der Waals surface area contributed by atoms with Gasteiger partial charge in [-0.15, -0.1) is 0 Å². The van der Waals surface area contributed by atoms with Crippen molar-refractivity contribution in [3.63, 3.8) is 0 Å². The second-order valence-corrected chi connectivity index (χ2v) is 10.7. The van der Waals surface area contributed by atoms with Crippen LogP contribution >= 0.6 is 0 Å². The summed E-state index contributed by atoms with van der Waals surface area (Å²) < 4.78 is 15.5. The molecule has 1 N–H and O–H groups in total. The number of rotatable bonds is 6. The normalized spacial score (nSPS) is 13.5. The Balaban J connectivity index is 1.37. The van der Waals surface area contributed by atoms with E-state index in [9.17, 15) is 9.18 Å². The van der Waals surface area contributed by atoms with Gasteiger partial charge < -0.3 is 10.2 Å². The van der Waals surface area contributed by atoms with Crippen molar-refractivity contribution in [3.8, 4) is 0 Å². The molecule has 5 nitrogen and oxygen atoms in total. The average Bonchev–Trinajstić information content (AvgIpc) is 3.38. The number of fused-ring (bicyclic) bond motifs is 2. The lowest BCUT2D eigenvalue weighted by Gasteiger charge is -2.37. The molecule has 2 heterocycles. The molecule has 5 aromatic carbocycles. The van der Waals surface area contributed by atoms with Crippen LogP contribution in [0.2, 0.25) is 0 Å². The van der Waals surface area contributed by atoms with E-state index in [4.69, 9.17) is 5.10 Å². The van der Waals surface area contributed by atoms with Crippen LogP contribution in [-0.2, 0) is 18.5 Å². The fourth-order valence-electron chi connectivity index (χ4n) is 6.13. The Bertz CT molecular complexity index is 1760. The summed E-state index contributed by atoms with van der Waals surface area (Å²) in [6.07, 6.45) is 2.61. The van der Waals surface area contributed by atoms with Crippen molar-refractivity contribution >= 4 is 22.6 Å². The predicted octanol–water partition coefficient (Wildman–Crippen LogP) is 7.61. The van der Waals surface area contributed by atoms with Gasteiger partial charge in [-0.3, -0.25) is 0 Å². The zero-order valence-corrected chi connectivity index (χ0v) is 23.0. The third-order valence-electron chi connectivity index (χ3n) is 8.15. The van der Waals surface area contributed by atoms with Crippen LogP contribution in [0, 0.1) is 5.82 Å². The zero-order chi connectivity index (χ0) is 28.5. The van der Waals surface area contributed by atoms with E-state index in [1.54, 1.807) is 17.0 Å². The predicted molar refractivity (Wildman–Crippen MR) is 164 cm³/mol. The first-order chi connectivity index (χ1) is 20.6. The van der Waals surface area contributed by atoms with Crippen LogP contribution in [-0.4, -0.2) is 27.3 Å². The van der Waals surface area contributed by atoms with Crippen molar-refractivity contribution in [2.24, 2.45) is 0 Å². The molecular formula is C36H29FN4O. The number of urea groups is 1. The minimum Gasteiger partial charge on any atom is -0.320 e. The van der Waals surface area contributed by atoms with Gasteiger partial charge >= 0.3 is 6.03 Å². The van der Waals surface area contributed by atoms with E-state index >= 15 is 0 Å². The minimum atomic E-state index is -0.761. The van der Waals surface area contributed by atoms with E-state index in [0.29, 0.717) is 19.5 Å². The molecule has 6 heteroatoms. The van der Waals surface area contributed by atoms with Crippen molar-refractivity contribution in [1.82, 2.24) is 14.7 Å². The van der Waals surface area contributed by atoms with Crippen LogP contribution in [0.1, 0.15) is 27.8 Å². The van der Waals surface area contributed by atoms with Crippen LogP contribution in [0.5, 0.6) is 0 Å². The van der Waals surface area contributed by atoms with Crippen LogP contribution < -0.4 is 5.32 Å². The number of amides is 2. The second-order valence-electron chi connectivity index (χ2n) is 10.7. The SMILES string of the molecule is O=C1Nc2cc3c(cnn3C(c3ccccc3)(c3ccccc3)c3ccccc3)cc2CCN1Cc1ccc(F)cc1. The van der Waals surface area contributed by atoms with Gasteiger partial charge in [-0.05, 0) is 58.5 Å². The van der Waals surface area contributed by atoms with E-state index in [2.05, 4.69) is 94.9 Å². The zero-order valence-electron chi connectivity index (χ0n) is 23.0. The molecular weight excluding hydrogens is 523 g/mol. The fourth-order valence-corrected chi connectivity index (χ4v) is 6.13. The molecule has 206 valence electrons. The largest absolute Gasteiger partial charge is 0.322 e. The van der Waals surface area contributed by atoms with E-state index in [0.717, 1.165) is 44.4 Å². The number of hydrogen-bond acceptors (Lipinski definition) is 2. The Kier molecular flexibility index (Phi) is 6.51. The van der Waals surface area contributed by atoms with Gasteiger partial charge in [0, 0.05) is 24.2 Å². The number of nitrogens with zero attached hydrogens (tertiary/aromatic N) is 3. The summed E-state index contributed by atoms with van der Waals surface area (Å²) in [5, 5.41) is 9.21. The molecule has 1 aliphatic heterocycles. The van der Waals surface area contributed by atoms with Crippen molar-refractivity contribution in [3.05, 3.63) is 167 Å². The molecule has 42 heavy (non-hydrogen) atoms. The summed E-state index contributed by atoms with van der Waals surface area (Å²) in [5.41, 5.74) is 6.11. The molecule has 0 spiro atoms. The molecule has 6 aromatic rings. The Labute approximate surface area is 243 Å². The molecule has 0 bridgehead atoms. The fraction of sp³-hybridized carbons (Fsp3) is 0.111. The first-order valence-corrected chi connectivity index (χ1v) is 14.1. The maximum Gasteiger partial charge on any atom is 0.322 e. The van der Waals surface area contributed by atoms with Crippen LogP contribution in [0.4, 0.5) is 14.9 Å². The van der Waals surface area contributed by atoms with E-state index < -0.39 is 5.54 Å². The number of anilines is 1. The monoisotopic (exact) mass is 552 g/mol. The highest BCUT2D eigenvalue weighted by Crippen LogP contribution is 2.43. The quantitative estimate of drug-likeness (QED) is 0.216. The number of halogens is 1. The van der Waals surface area contributed by atoms with Crippen LogP contribution in [0.25, 0.3) is 10.9 Å². The van der Waals surface area contributed by atoms with Crippen molar-refractivity contribution < 1.29 is 9.18 Å². The van der Waals surface area contributed by atoms with Gasteiger partial charge in [-0.2, -0.15) is 5.10 Å².